The molecule has 1 aromatic heterocycles. The van der Waals surface area contributed by atoms with Crippen LogP contribution in [0.3, 0.4) is 0 Å². The zero-order valence-electron chi connectivity index (χ0n) is 14.8. The maximum atomic E-state index is 13.2. The number of carbonyl (C=O) groups is 1. The lowest BCUT2D eigenvalue weighted by Gasteiger charge is -2.39. The molecule has 1 saturated heterocycles. The average molecular weight is 432 g/mol. The summed E-state index contributed by atoms with van der Waals surface area (Å²) in [6.45, 7) is 1.31. The van der Waals surface area contributed by atoms with Crippen molar-refractivity contribution in [2.24, 2.45) is 0 Å². The Kier molecular flexibility index (Phi) is 5.70. The van der Waals surface area contributed by atoms with Crippen molar-refractivity contribution in [1.82, 2.24) is 15.1 Å². The predicted octanol–water partition coefficient (Wildman–Crippen LogP) is 3.73. The number of aryl methyl sites for hydroxylation is 1. The molecule has 150 valence electrons. The molecule has 1 unspecified atom stereocenters. The molecule has 2 aromatic rings. The van der Waals surface area contributed by atoms with E-state index in [2.05, 4.69) is 10.2 Å². The quantitative estimate of drug-likeness (QED) is 0.542. The van der Waals surface area contributed by atoms with Gasteiger partial charge in [0.15, 0.2) is 11.3 Å². The second kappa shape index (κ2) is 7.87. The average Bonchev–Trinajstić information content (AvgIpc) is 3.09. The molecule has 12 heteroatoms. The number of carbonyl (C=O) groups excluding carboxylic acids is 1. The molecule has 1 aliphatic heterocycles. The molecule has 1 atom stereocenters. The van der Waals surface area contributed by atoms with Gasteiger partial charge in [-0.2, -0.15) is 0 Å². The smallest absolute Gasteiger partial charge is 0.472 e. The number of rotatable bonds is 4. The van der Waals surface area contributed by atoms with Crippen LogP contribution in [0.2, 0.25) is 0 Å². The summed E-state index contributed by atoms with van der Waals surface area (Å²) in [6, 6.07) is 5.85. The van der Waals surface area contributed by atoms with Crippen LogP contribution in [0, 0.1) is 6.92 Å². The first-order valence-electron chi connectivity index (χ1n) is 8.03. The Hall–Kier alpha value is -2.47. The number of aromatic nitrogens is 2. The van der Waals surface area contributed by atoms with Gasteiger partial charge in [-0.15, -0.1) is 18.3 Å². The van der Waals surface area contributed by atoms with Gasteiger partial charge in [-0.05, 0) is 36.5 Å². The van der Waals surface area contributed by atoms with Gasteiger partial charge in [0.05, 0.1) is 7.11 Å². The summed E-state index contributed by atoms with van der Waals surface area (Å²) in [4.78, 5) is 13.2. The Morgan fingerprint density at radius 3 is 2.71 bits per heavy atom. The lowest BCUT2D eigenvalue weighted by Crippen LogP contribution is -2.59. The maximum absolute atomic E-state index is 13.2. The second-order valence-corrected chi connectivity index (χ2v) is 7.13. The van der Waals surface area contributed by atoms with E-state index in [1.165, 1.54) is 7.11 Å². The number of hydrogen-bond acceptors (Lipinski definition) is 7. The van der Waals surface area contributed by atoms with Gasteiger partial charge in [-0.1, -0.05) is 28.9 Å². The van der Waals surface area contributed by atoms with Crippen molar-refractivity contribution in [3.63, 3.8) is 0 Å². The predicted molar refractivity (Wildman–Crippen MR) is 99.5 cm³/mol. The standard InChI is InChI=1S/C16H15F3N4O3S2/c1-9-4-3-5-10(8-9)12(27)26-11-6-7-22(16(17,18)19)15(24)23(11)13-20-21-14(25-2)28-13/h3-5,8,11H,6-7H2,1-2H3. The number of thiocarbonyl (C=S) groups is 1. The van der Waals surface area contributed by atoms with Gasteiger partial charge in [-0.25, -0.2) is 14.6 Å². The topological polar surface area (TPSA) is 67.8 Å². The lowest BCUT2D eigenvalue weighted by atomic mass is 10.1. The van der Waals surface area contributed by atoms with Gasteiger partial charge >= 0.3 is 12.3 Å². The zero-order chi connectivity index (χ0) is 20.5. The van der Waals surface area contributed by atoms with E-state index in [9.17, 15) is 18.0 Å². The van der Waals surface area contributed by atoms with E-state index in [0.717, 1.165) is 21.8 Å². The molecule has 1 aromatic carbocycles. The molecule has 0 aliphatic carbocycles. The van der Waals surface area contributed by atoms with Crippen LogP contribution in [0.5, 0.6) is 5.19 Å². The molecule has 28 heavy (non-hydrogen) atoms. The third-order valence-electron chi connectivity index (χ3n) is 3.90. The van der Waals surface area contributed by atoms with E-state index in [4.69, 9.17) is 21.7 Å². The van der Waals surface area contributed by atoms with Gasteiger partial charge in [0, 0.05) is 18.5 Å². The van der Waals surface area contributed by atoms with Gasteiger partial charge in [-0.3, -0.25) is 0 Å². The summed E-state index contributed by atoms with van der Waals surface area (Å²) < 4.78 is 50.2. The van der Waals surface area contributed by atoms with Crippen molar-refractivity contribution in [1.29, 1.82) is 0 Å². The number of alkyl halides is 3. The summed E-state index contributed by atoms with van der Waals surface area (Å²) in [7, 11) is 1.34. The molecule has 0 N–H and O–H groups in total. The number of ether oxygens (including phenoxy) is 2. The van der Waals surface area contributed by atoms with E-state index < -0.39 is 25.1 Å². The number of benzene rings is 1. The van der Waals surface area contributed by atoms with Crippen LogP contribution < -0.4 is 9.64 Å². The molecule has 1 aliphatic rings. The summed E-state index contributed by atoms with van der Waals surface area (Å²) in [5.41, 5.74) is 1.53. The van der Waals surface area contributed by atoms with Crippen molar-refractivity contribution in [2.75, 3.05) is 18.6 Å². The normalized spacial score (nSPS) is 17.6. The van der Waals surface area contributed by atoms with Crippen molar-refractivity contribution < 1.29 is 27.4 Å². The zero-order valence-corrected chi connectivity index (χ0v) is 16.4. The third kappa shape index (κ3) is 4.17. The SMILES string of the molecule is COc1nnc(N2C(=O)N(C(F)(F)F)CCC2OC(=S)c2cccc(C)c2)s1. The van der Waals surface area contributed by atoms with E-state index in [-0.39, 0.29) is 26.7 Å². The maximum Gasteiger partial charge on any atom is 0.488 e. The van der Waals surface area contributed by atoms with Crippen LogP contribution >= 0.6 is 23.6 Å². The van der Waals surface area contributed by atoms with Crippen LogP contribution in [0.1, 0.15) is 17.5 Å². The molecule has 0 bridgehead atoms. The number of amides is 2. The number of methoxy groups -OCH3 is 1. The summed E-state index contributed by atoms with van der Waals surface area (Å²) in [6.07, 6.45) is -6.01. The van der Waals surface area contributed by atoms with Crippen LogP contribution in [0.4, 0.5) is 23.1 Å². The van der Waals surface area contributed by atoms with Crippen molar-refractivity contribution in [3.05, 3.63) is 35.4 Å². The monoisotopic (exact) mass is 432 g/mol. The molecule has 0 spiro atoms. The summed E-state index contributed by atoms with van der Waals surface area (Å²) in [5, 5.41) is 7.53. The minimum absolute atomic E-state index is 0.0726. The van der Waals surface area contributed by atoms with Crippen LogP contribution in [-0.2, 0) is 4.74 Å². The van der Waals surface area contributed by atoms with E-state index in [0.29, 0.717) is 5.56 Å². The first kappa shape index (κ1) is 20.3. The van der Waals surface area contributed by atoms with Gasteiger partial charge in [0.2, 0.25) is 5.13 Å². The number of hydrogen-bond donors (Lipinski definition) is 0. The molecule has 2 amide bonds. The molecular formula is C16H15F3N4O3S2. The highest BCUT2D eigenvalue weighted by Crippen LogP contribution is 2.35. The highest BCUT2D eigenvalue weighted by Gasteiger charge is 2.49. The Labute approximate surface area is 167 Å². The highest BCUT2D eigenvalue weighted by molar-refractivity contribution is 7.80. The first-order chi connectivity index (χ1) is 13.2. The van der Waals surface area contributed by atoms with Crippen LogP contribution in [0.15, 0.2) is 24.3 Å². The molecule has 0 saturated carbocycles. The van der Waals surface area contributed by atoms with Crippen molar-refractivity contribution in [3.8, 4) is 5.19 Å². The number of anilines is 1. The highest BCUT2D eigenvalue weighted by atomic mass is 32.1. The van der Waals surface area contributed by atoms with E-state index >= 15 is 0 Å². The van der Waals surface area contributed by atoms with Crippen molar-refractivity contribution >= 4 is 39.8 Å². The van der Waals surface area contributed by atoms with Gasteiger partial charge in [0.25, 0.3) is 5.19 Å². The molecular weight excluding hydrogens is 417 g/mol. The third-order valence-corrected chi connectivity index (χ3v) is 5.12. The first-order valence-corrected chi connectivity index (χ1v) is 9.26. The van der Waals surface area contributed by atoms with Crippen LogP contribution in [-0.4, -0.2) is 52.4 Å². The molecule has 3 rings (SSSR count). The van der Waals surface area contributed by atoms with E-state index in [1.807, 2.05) is 13.0 Å². The molecule has 0 radical (unpaired) electrons. The Bertz CT molecular complexity index is 890. The number of urea groups is 1. The Balaban J connectivity index is 1.89. The van der Waals surface area contributed by atoms with Crippen LogP contribution in [0.25, 0.3) is 0 Å². The summed E-state index contributed by atoms with van der Waals surface area (Å²) in [5.74, 6) is 0. The van der Waals surface area contributed by atoms with Crippen molar-refractivity contribution in [2.45, 2.75) is 25.9 Å². The minimum atomic E-state index is -4.83. The number of nitrogens with zero attached hydrogens (tertiary/aromatic N) is 4. The molecule has 2 heterocycles. The lowest BCUT2D eigenvalue weighted by molar-refractivity contribution is -0.227. The Morgan fingerprint density at radius 1 is 1.36 bits per heavy atom. The second-order valence-electron chi connectivity index (χ2n) is 5.84. The van der Waals surface area contributed by atoms with Gasteiger partial charge < -0.3 is 9.47 Å². The molecule has 1 fully saturated rings. The fourth-order valence-electron chi connectivity index (χ4n) is 2.62. The van der Waals surface area contributed by atoms with E-state index in [1.54, 1.807) is 18.2 Å². The van der Waals surface area contributed by atoms with Gasteiger partial charge in [0.1, 0.15) is 0 Å². The number of halogens is 3. The Morgan fingerprint density at radius 2 is 2.11 bits per heavy atom. The molecule has 7 nitrogen and oxygen atoms in total. The summed E-state index contributed by atoms with van der Waals surface area (Å²) >= 11 is 6.11. The minimum Gasteiger partial charge on any atom is -0.472 e. The fourth-order valence-corrected chi connectivity index (χ4v) is 3.55. The largest absolute Gasteiger partial charge is 0.488 e. The fraction of sp³-hybridized carbons (Fsp3) is 0.375.